The highest BCUT2D eigenvalue weighted by atomic mass is 16.7. The lowest BCUT2D eigenvalue weighted by Gasteiger charge is -2.54. The van der Waals surface area contributed by atoms with E-state index in [1.165, 1.54) is 0 Å². The Labute approximate surface area is 119 Å². The smallest absolute Gasteiger partial charge is 0.226 e. The Balaban J connectivity index is 2.03. The van der Waals surface area contributed by atoms with E-state index >= 15 is 0 Å². The number of rotatable bonds is 0. The average Bonchev–Trinajstić information content (AvgIpc) is 2.81. The van der Waals surface area contributed by atoms with E-state index in [-0.39, 0.29) is 22.8 Å². The van der Waals surface area contributed by atoms with Crippen LogP contribution in [0, 0.1) is 23.3 Å². The number of Topliss-reactive ketones (excluding diaryl/α,β-unsaturated/α-hetero) is 1. The molecular weight excluding hydrogens is 254 g/mol. The van der Waals surface area contributed by atoms with Crippen molar-refractivity contribution in [2.45, 2.75) is 45.8 Å². The molecule has 1 aliphatic heterocycles. The van der Waals surface area contributed by atoms with E-state index in [9.17, 15) is 4.79 Å². The number of ether oxygens (including phenoxy) is 2. The van der Waals surface area contributed by atoms with Crippen molar-refractivity contribution in [2.75, 3.05) is 13.2 Å². The van der Waals surface area contributed by atoms with Crippen LogP contribution in [0.1, 0.15) is 40.0 Å². The fourth-order valence-electron chi connectivity index (χ4n) is 4.52. The topological polar surface area (TPSA) is 39.9 Å². The van der Waals surface area contributed by atoms with E-state index in [0.29, 0.717) is 13.2 Å². The van der Waals surface area contributed by atoms with Gasteiger partial charge in [-0.25, -0.2) is 4.85 Å². The molecule has 0 radical (unpaired) electrons. The maximum atomic E-state index is 12.4. The Morgan fingerprint density at radius 3 is 2.55 bits per heavy atom. The summed E-state index contributed by atoms with van der Waals surface area (Å²) in [6.45, 7) is 14.6. The van der Waals surface area contributed by atoms with Gasteiger partial charge in [-0.15, -0.1) is 0 Å². The van der Waals surface area contributed by atoms with Crippen LogP contribution in [-0.4, -0.2) is 24.8 Å². The summed E-state index contributed by atoms with van der Waals surface area (Å²) in [5, 5.41) is 0. The molecule has 1 spiro atoms. The van der Waals surface area contributed by atoms with Crippen LogP contribution >= 0.6 is 0 Å². The largest absolute Gasteiger partial charge is 0.348 e. The normalized spacial score (nSPS) is 38.2. The minimum atomic E-state index is -0.495. The second kappa shape index (κ2) is 4.16. The average molecular weight is 275 g/mol. The van der Waals surface area contributed by atoms with Crippen molar-refractivity contribution in [2.24, 2.45) is 16.7 Å². The van der Waals surface area contributed by atoms with Gasteiger partial charge >= 0.3 is 0 Å². The Morgan fingerprint density at radius 1 is 1.30 bits per heavy atom. The highest BCUT2D eigenvalue weighted by molar-refractivity contribution is 6.02. The molecule has 4 heteroatoms. The number of carbonyl (C=O) groups excluding carboxylic acids is 1. The molecule has 2 aliphatic carbocycles. The molecule has 20 heavy (non-hydrogen) atoms. The molecule has 0 aromatic rings. The third-order valence-electron chi connectivity index (χ3n) is 5.35. The molecule has 3 aliphatic rings. The summed E-state index contributed by atoms with van der Waals surface area (Å²) < 4.78 is 11.7. The molecule has 0 bridgehead atoms. The summed E-state index contributed by atoms with van der Waals surface area (Å²) in [6, 6.07) is 0. The first kappa shape index (κ1) is 13.8. The Morgan fingerprint density at radius 2 is 1.95 bits per heavy atom. The van der Waals surface area contributed by atoms with Gasteiger partial charge in [0.25, 0.3) is 0 Å². The van der Waals surface area contributed by atoms with E-state index in [1.807, 2.05) is 19.9 Å². The van der Waals surface area contributed by atoms with Crippen LogP contribution < -0.4 is 0 Å². The lowest BCUT2D eigenvalue weighted by atomic mass is 9.52. The predicted octanol–water partition coefficient (Wildman–Crippen LogP) is 2.95. The van der Waals surface area contributed by atoms with E-state index < -0.39 is 11.2 Å². The summed E-state index contributed by atoms with van der Waals surface area (Å²) in [5.41, 5.74) is -0.410. The summed E-state index contributed by atoms with van der Waals surface area (Å²) in [4.78, 5) is 15.9. The van der Waals surface area contributed by atoms with Gasteiger partial charge in [0.15, 0.2) is 11.6 Å². The molecule has 0 aromatic heterocycles. The number of hydrogen-bond acceptors (Lipinski definition) is 3. The third kappa shape index (κ3) is 1.77. The van der Waals surface area contributed by atoms with Gasteiger partial charge in [-0.05, 0) is 17.8 Å². The molecule has 0 unspecified atom stereocenters. The Hall–Kier alpha value is -1.18. The van der Waals surface area contributed by atoms with Crippen molar-refractivity contribution in [1.82, 2.24) is 0 Å². The molecule has 1 heterocycles. The summed E-state index contributed by atoms with van der Waals surface area (Å²) >= 11 is 0. The number of ketones is 1. The fourth-order valence-corrected chi connectivity index (χ4v) is 4.52. The molecule has 0 aromatic carbocycles. The first-order valence-electron chi connectivity index (χ1n) is 7.26. The van der Waals surface area contributed by atoms with E-state index in [1.54, 1.807) is 0 Å². The SMILES string of the molecule is [C-]#[N+]C1=C[C@]2(C)CC3(CC[C@H]2C(C)(C)C1=O)OCCO3. The molecule has 108 valence electrons. The van der Waals surface area contributed by atoms with E-state index in [0.717, 1.165) is 19.3 Å². The minimum absolute atomic E-state index is 0.0146. The third-order valence-corrected chi connectivity index (χ3v) is 5.35. The van der Waals surface area contributed by atoms with Crippen molar-refractivity contribution < 1.29 is 14.3 Å². The van der Waals surface area contributed by atoms with Gasteiger partial charge in [0, 0.05) is 18.3 Å². The van der Waals surface area contributed by atoms with Crippen molar-refractivity contribution in [3.63, 3.8) is 0 Å². The summed E-state index contributed by atoms with van der Waals surface area (Å²) in [5.74, 6) is -0.267. The van der Waals surface area contributed by atoms with Crippen LogP contribution in [-0.2, 0) is 14.3 Å². The van der Waals surface area contributed by atoms with Crippen LogP contribution in [0.3, 0.4) is 0 Å². The standard InChI is InChI=1S/C16H21NO3/c1-14(2)12-5-6-16(19-7-8-20-16)10-15(12,3)9-11(17-4)13(14)18/h9,12H,5-8,10H2,1-3H3/t12-,15+/m0/s1. The number of carbonyl (C=O) groups is 1. The van der Waals surface area contributed by atoms with Crippen molar-refractivity contribution in [1.29, 1.82) is 0 Å². The van der Waals surface area contributed by atoms with Gasteiger partial charge in [-0.2, -0.15) is 0 Å². The highest BCUT2D eigenvalue weighted by Gasteiger charge is 2.58. The van der Waals surface area contributed by atoms with Crippen LogP contribution in [0.5, 0.6) is 0 Å². The molecule has 0 N–H and O–H groups in total. The number of fused-ring (bicyclic) bond motifs is 1. The zero-order valence-corrected chi connectivity index (χ0v) is 12.4. The fraction of sp³-hybridized carbons (Fsp3) is 0.750. The van der Waals surface area contributed by atoms with E-state index in [2.05, 4.69) is 11.8 Å². The number of allylic oxidation sites excluding steroid dienone is 2. The van der Waals surface area contributed by atoms with Gasteiger partial charge in [-0.1, -0.05) is 26.8 Å². The zero-order chi connectivity index (χ0) is 14.6. The molecule has 4 nitrogen and oxygen atoms in total. The van der Waals surface area contributed by atoms with Crippen molar-refractivity contribution >= 4 is 5.78 Å². The Bertz CT molecular complexity index is 522. The lowest BCUT2D eigenvalue weighted by Crippen LogP contribution is -2.53. The maximum Gasteiger partial charge on any atom is 0.226 e. The molecule has 1 saturated carbocycles. The van der Waals surface area contributed by atoms with Crippen LogP contribution in [0.15, 0.2) is 11.8 Å². The monoisotopic (exact) mass is 275 g/mol. The van der Waals surface area contributed by atoms with Gasteiger partial charge < -0.3 is 14.3 Å². The van der Waals surface area contributed by atoms with Gasteiger partial charge in [0.05, 0.1) is 19.8 Å². The molecule has 3 rings (SSSR count). The molecule has 1 saturated heterocycles. The van der Waals surface area contributed by atoms with Gasteiger partial charge in [0.1, 0.15) is 0 Å². The highest BCUT2D eigenvalue weighted by Crippen LogP contribution is 2.58. The first-order valence-corrected chi connectivity index (χ1v) is 7.26. The molecule has 0 amide bonds. The van der Waals surface area contributed by atoms with Gasteiger partial charge in [0.2, 0.25) is 5.70 Å². The summed E-state index contributed by atoms with van der Waals surface area (Å²) in [7, 11) is 0. The van der Waals surface area contributed by atoms with Crippen LogP contribution in [0.4, 0.5) is 0 Å². The minimum Gasteiger partial charge on any atom is -0.348 e. The quantitative estimate of drug-likeness (QED) is 0.638. The molecular formula is C16H21NO3. The lowest BCUT2D eigenvalue weighted by molar-refractivity contribution is -0.213. The van der Waals surface area contributed by atoms with Gasteiger partial charge in [-0.3, -0.25) is 0 Å². The van der Waals surface area contributed by atoms with Crippen molar-refractivity contribution in [3.8, 4) is 0 Å². The molecule has 2 fully saturated rings. The first-order chi connectivity index (χ1) is 9.33. The van der Waals surface area contributed by atoms with Crippen LogP contribution in [0.25, 0.3) is 4.85 Å². The van der Waals surface area contributed by atoms with Crippen LogP contribution in [0.2, 0.25) is 0 Å². The Kier molecular flexibility index (Phi) is 2.87. The van der Waals surface area contributed by atoms with E-state index in [4.69, 9.17) is 16.0 Å². The second-order valence-electron chi connectivity index (χ2n) is 7.07. The second-order valence-corrected chi connectivity index (χ2v) is 7.07. The predicted molar refractivity (Wildman–Crippen MR) is 73.6 cm³/mol. The number of hydrogen-bond donors (Lipinski definition) is 0. The molecule has 2 atom stereocenters. The maximum absolute atomic E-state index is 12.4. The van der Waals surface area contributed by atoms with Crippen molar-refractivity contribution in [3.05, 3.63) is 23.2 Å². The summed E-state index contributed by atoms with van der Waals surface area (Å²) in [6.07, 6.45) is 4.35. The number of nitrogens with zero attached hydrogens (tertiary/aromatic N) is 1. The zero-order valence-electron chi connectivity index (χ0n) is 12.4.